The van der Waals surface area contributed by atoms with Crippen LogP contribution in [0, 0.1) is 6.92 Å². The number of aromatic nitrogens is 4. The van der Waals surface area contributed by atoms with Gasteiger partial charge < -0.3 is 24.8 Å². The number of benzene rings is 1. The van der Waals surface area contributed by atoms with Crippen molar-refractivity contribution in [3.63, 3.8) is 0 Å². The number of morpholine rings is 1. The second kappa shape index (κ2) is 11.0. The zero-order chi connectivity index (χ0) is 26.1. The minimum absolute atomic E-state index is 0.152. The number of fused-ring (bicyclic) bond motifs is 1. The number of nitrogens with zero attached hydrogens (tertiary/aromatic N) is 8. The number of aryl methyl sites for hydroxylation is 1. The standard InChI is InChI=1S/C28H39N9O/c1-20-4-5-24(27-26(20)30-8-9-31-27)37-17-22(3)38-23(19-37)18-34-12-14-35(15-13-34)25-6-7-32-28(33-25)36-11-10-29-21(2)16-36/h4-9,21-23,29H,10-19H2,1-3H3/t21-,22-,23+/m1/s1. The molecule has 202 valence electrons. The van der Waals surface area contributed by atoms with Gasteiger partial charge in [-0.1, -0.05) is 6.07 Å². The summed E-state index contributed by atoms with van der Waals surface area (Å²) in [7, 11) is 0. The third kappa shape index (κ3) is 5.39. The highest BCUT2D eigenvalue weighted by molar-refractivity contribution is 5.90. The molecule has 10 nitrogen and oxygen atoms in total. The monoisotopic (exact) mass is 517 g/mol. The van der Waals surface area contributed by atoms with E-state index in [4.69, 9.17) is 9.72 Å². The van der Waals surface area contributed by atoms with Crippen LogP contribution in [0.25, 0.3) is 11.0 Å². The normalized spacial score (nSPS) is 25.2. The molecular formula is C28H39N9O. The minimum Gasteiger partial charge on any atom is -0.370 e. The van der Waals surface area contributed by atoms with Crippen LogP contribution in [0.1, 0.15) is 19.4 Å². The number of rotatable bonds is 5. The number of nitrogens with one attached hydrogen (secondary N) is 1. The smallest absolute Gasteiger partial charge is 0.227 e. The van der Waals surface area contributed by atoms with E-state index in [-0.39, 0.29) is 12.2 Å². The molecule has 10 heteroatoms. The fourth-order valence-electron chi connectivity index (χ4n) is 6.00. The molecule has 0 saturated carbocycles. The predicted molar refractivity (Wildman–Crippen MR) is 151 cm³/mol. The largest absolute Gasteiger partial charge is 0.370 e. The summed E-state index contributed by atoms with van der Waals surface area (Å²) in [6.07, 6.45) is 5.78. The topological polar surface area (TPSA) is 85.8 Å². The van der Waals surface area contributed by atoms with Gasteiger partial charge in [0.25, 0.3) is 0 Å². The molecule has 0 unspecified atom stereocenters. The number of anilines is 3. The zero-order valence-corrected chi connectivity index (χ0v) is 22.8. The molecule has 1 aromatic carbocycles. The Morgan fingerprint density at radius 2 is 1.66 bits per heavy atom. The zero-order valence-electron chi connectivity index (χ0n) is 22.8. The molecule has 3 atom stereocenters. The first-order chi connectivity index (χ1) is 18.5. The van der Waals surface area contributed by atoms with Crippen LogP contribution in [-0.4, -0.2) is 109 Å². The van der Waals surface area contributed by atoms with E-state index in [0.717, 1.165) is 99.5 Å². The summed E-state index contributed by atoms with van der Waals surface area (Å²) in [5.74, 6) is 1.87. The van der Waals surface area contributed by atoms with Crippen molar-refractivity contribution in [1.82, 2.24) is 30.2 Å². The van der Waals surface area contributed by atoms with Crippen LogP contribution in [0.2, 0.25) is 0 Å². The van der Waals surface area contributed by atoms with Gasteiger partial charge in [0.05, 0.1) is 23.4 Å². The van der Waals surface area contributed by atoms with Crippen molar-refractivity contribution >= 4 is 28.5 Å². The van der Waals surface area contributed by atoms with Crippen molar-refractivity contribution in [3.8, 4) is 0 Å². The second-order valence-electron chi connectivity index (χ2n) is 10.9. The van der Waals surface area contributed by atoms with Gasteiger partial charge in [-0.2, -0.15) is 4.98 Å². The SMILES string of the molecule is Cc1ccc(N2C[C@H](CN3CCN(c4ccnc(N5CCN[C@H](C)C5)n4)CC3)O[C@H](C)C2)c2nccnc12. The molecule has 5 heterocycles. The molecule has 0 aliphatic carbocycles. The Balaban J connectivity index is 1.08. The molecule has 2 aromatic heterocycles. The highest BCUT2D eigenvalue weighted by Crippen LogP contribution is 2.29. The van der Waals surface area contributed by atoms with Crippen molar-refractivity contribution in [3.05, 3.63) is 42.4 Å². The first-order valence-corrected chi connectivity index (χ1v) is 13.9. The van der Waals surface area contributed by atoms with Crippen LogP contribution in [0.4, 0.5) is 17.5 Å². The van der Waals surface area contributed by atoms with E-state index in [1.807, 2.05) is 12.3 Å². The summed E-state index contributed by atoms with van der Waals surface area (Å²) in [6, 6.07) is 6.85. The van der Waals surface area contributed by atoms with Crippen LogP contribution in [0.3, 0.4) is 0 Å². The fourth-order valence-corrected chi connectivity index (χ4v) is 6.00. The van der Waals surface area contributed by atoms with E-state index in [2.05, 4.69) is 72.8 Å². The second-order valence-corrected chi connectivity index (χ2v) is 10.9. The Bertz CT molecular complexity index is 1250. The van der Waals surface area contributed by atoms with Crippen LogP contribution < -0.4 is 20.0 Å². The lowest BCUT2D eigenvalue weighted by atomic mass is 10.1. The average Bonchev–Trinajstić information content (AvgIpc) is 2.94. The maximum Gasteiger partial charge on any atom is 0.227 e. The molecule has 3 fully saturated rings. The van der Waals surface area contributed by atoms with Crippen molar-refractivity contribution in [2.24, 2.45) is 0 Å². The Labute approximate surface area is 225 Å². The van der Waals surface area contributed by atoms with E-state index < -0.39 is 0 Å². The lowest BCUT2D eigenvalue weighted by molar-refractivity contribution is -0.0327. The van der Waals surface area contributed by atoms with Crippen molar-refractivity contribution in [1.29, 1.82) is 0 Å². The molecule has 0 amide bonds. The van der Waals surface area contributed by atoms with Crippen molar-refractivity contribution < 1.29 is 4.74 Å². The number of hydrogen-bond donors (Lipinski definition) is 1. The van der Waals surface area contributed by atoms with Gasteiger partial charge in [-0.25, -0.2) is 4.98 Å². The van der Waals surface area contributed by atoms with Gasteiger partial charge in [0.1, 0.15) is 11.3 Å². The summed E-state index contributed by atoms with van der Waals surface area (Å²) in [5, 5.41) is 3.49. The van der Waals surface area contributed by atoms with Gasteiger partial charge in [0, 0.05) is 90.1 Å². The molecule has 6 rings (SSSR count). The first kappa shape index (κ1) is 25.2. The van der Waals surface area contributed by atoms with Gasteiger partial charge in [-0.15, -0.1) is 0 Å². The molecule has 0 bridgehead atoms. The Morgan fingerprint density at radius 1 is 0.842 bits per heavy atom. The van der Waals surface area contributed by atoms with Crippen LogP contribution in [0.15, 0.2) is 36.8 Å². The van der Waals surface area contributed by atoms with Crippen LogP contribution in [-0.2, 0) is 4.74 Å². The van der Waals surface area contributed by atoms with Gasteiger partial charge in [-0.05, 0) is 38.5 Å². The third-order valence-corrected chi connectivity index (χ3v) is 7.91. The molecule has 3 saturated heterocycles. The highest BCUT2D eigenvalue weighted by atomic mass is 16.5. The van der Waals surface area contributed by atoms with E-state index >= 15 is 0 Å². The molecule has 3 aromatic rings. The maximum atomic E-state index is 6.42. The lowest BCUT2D eigenvalue weighted by Gasteiger charge is -2.42. The maximum absolute atomic E-state index is 6.42. The van der Waals surface area contributed by atoms with Gasteiger partial charge in [-0.3, -0.25) is 14.9 Å². The Hall–Kier alpha value is -3.08. The van der Waals surface area contributed by atoms with Crippen LogP contribution >= 0.6 is 0 Å². The molecule has 0 radical (unpaired) electrons. The quantitative estimate of drug-likeness (QED) is 0.542. The molecule has 1 N–H and O–H groups in total. The number of hydrogen-bond acceptors (Lipinski definition) is 10. The van der Waals surface area contributed by atoms with Crippen LogP contribution in [0.5, 0.6) is 0 Å². The summed E-state index contributed by atoms with van der Waals surface area (Å²) in [4.78, 5) is 28.4. The minimum atomic E-state index is 0.152. The van der Waals surface area contributed by atoms with Crippen molar-refractivity contribution in [2.75, 3.05) is 80.1 Å². The predicted octanol–water partition coefficient (Wildman–Crippen LogP) is 1.94. The lowest BCUT2D eigenvalue weighted by Crippen LogP contribution is -2.54. The Morgan fingerprint density at radius 3 is 2.47 bits per heavy atom. The summed E-state index contributed by atoms with van der Waals surface area (Å²) in [5.41, 5.74) is 4.28. The van der Waals surface area contributed by atoms with Crippen molar-refractivity contribution in [2.45, 2.75) is 39.0 Å². The summed E-state index contributed by atoms with van der Waals surface area (Å²) in [6.45, 7) is 15.9. The van der Waals surface area contributed by atoms with E-state index in [1.54, 1.807) is 12.4 Å². The summed E-state index contributed by atoms with van der Waals surface area (Å²) >= 11 is 0. The third-order valence-electron chi connectivity index (χ3n) is 7.91. The van der Waals surface area contributed by atoms with E-state index in [0.29, 0.717) is 6.04 Å². The first-order valence-electron chi connectivity index (χ1n) is 13.9. The number of piperazine rings is 2. The van der Waals surface area contributed by atoms with Gasteiger partial charge in [0.15, 0.2) is 0 Å². The van der Waals surface area contributed by atoms with E-state index in [9.17, 15) is 0 Å². The molecule has 3 aliphatic heterocycles. The molecule has 0 spiro atoms. The molecule has 38 heavy (non-hydrogen) atoms. The highest BCUT2D eigenvalue weighted by Gasteiger charge is 2.30. The van der Waals surface area contributed by atoms with Gasteiger partial charge in [0.2, 0.25) is 5.95 Å². The Kier molecular flexibility index (Phi) is 7.27. The number of ether oxygens (including phenoxy) is 1. The molecular weight excluding hydrogens is 478 g/mol. The van der Waals surface area contributed by atoms with Gasteiger partial charge >= 0.3 is 0 Å². The average molecular weight is 518 g/mol. The molecule has 3 aliphatic rings. The summed E-state index contributed by atoms with van der Waals surface area (Å²) < 4.78 is 6.42. The fraction of sp³-hybridized carbons (Fsp3) is 0.571. The van der Waals surface area contributed by atoms with E-state index in [1.165, 1.54) is 0 Å².